The lowest BCUT2D eigenvalue weighted by Crippen LogP contribution is -2.39. The second kappa shape index (κ2) is 2.46. The normalized spacial score (nSPS) is 39.8. The standard InChI is InChI=1S/C6H13NO/c1-5-2-3-7-4-6(5)8/h5-8H,2-4H2,1H3/t5-,6+/m0/s1. The lowest BCUT2D eigenvalue weighted by Gasteiger charge is -2.24. The van der Waals surface area contributed by atoms with Gasteiger partial charge in [-0.05, 0) is 18.9 Å². The summed E-state index contributed by atoms with van der Waals surface area (Å²) < 4.78 is 0. The molecule has 2 heteroatoms. The molecule has 0 saturated carbocycles. The second-order valence-electron chi connectivity index (χ2n) is 2.54. The van der Waals surface area contributed by atoms with E-state index in [4.69, 9.17) is 5.11 Å². The van der Waals surface area contributed by atoms with Gasteiger partial charge in [0, 0.05) is 6.54 Å². The van der Waals surface area contributed by atoms with Crippen LogP contribution in [0.1, 0.15) is 13.3 Å². The van der Waals surface area contributed by atoms with Gasteiger partial charge >= 0.3 is 0 Å². The van der Waals surface area contributed by atoms with Crippen molar-refractivity contribution in [3.05, 3.63) is 0 Å². The van der Waals surface area contributed by atoms with Crippen molar-refractivity contribution in [3.63, 3.8) is 0 Å². The molecule has 2 N–H and O–H groups in total. The molecule has 0 aromatic heterocycles. The van der Waals surface area contributed by atoms with Gasteiger partial charge in [0.15, 0.2) is 0 Å². The minimum atomic E-state index is -0.108. The summed E-state index contributed by atoms with van der Waals surface area (Å²) in [5.74, 6) is 0.497. The highest BCUT2D eigenvalue weighted by Gasteiger charge is 2.16. The number of piperidine rings is 1. The SMILES string of the molecule is C[C@H]1CCNC[C@H]1O. The van der Waals surface area contributed by atoms with Crippen molar-refractivity contribution in [2.45, 2.75) is 19.4 Å². The molecule has 1 saturated heterocycles. The lowest BCUT2D eigenvalue weighted by atomic mass is 9.98. The summed E-state index contributed by atoms with van der Waals surface area (Å²) in [5.41, 5.74) is 0. The van der Waals surface area contributed by atoms with Crippen LogP contribution in [-0.2, 0) is 0 Å². The van der Waals surface area contributed by atoms with E-state index in [0.717, 1.165) is 19.5 Å². The summed E-state index contributed by atoms with van der Waals surface area (Å²) in [6.07, 6.45) is 1.00. The zero-order chi connectivity index (χ0) is 5.98. The molecule has 0 spiro atoms. The molecule has 1 aliphatic heterocycles. The van der Waals surface area contributed by atoms with Crippen LogP contribution in [0.15, 0.2) is 0 Å². The van der Waals surface area contributed by atoms with Crippen LogP contribution in [0.5, 0.6) is 0 Å². The van der Waals surface area contributed by atoms with E-state index >= 15 is 0 Å². The van der Waals surface area contributed by atoms with Gasteiger partial charge in [-0.15, -0.1) is 0 Å². The number of hydrogen-bond acceptors (Lipinski definition) is 2. The van der Waals surface area contributed by atoms with Crippen LogP contribution in [-0.4, -0.2) is 24.3 Å². The Kier molecular flexibility index (Phi) is 1.86. The summed E-state index contributed by atoms with van der Waals surface area (Å²) in [7, 11) is 0. The summed E-state index contributed by atoms with van der Waals surface area (Å²) >= 11 is 0. The Morgan fingerprint density at radius 1 is 1.62 bits per heavy atom. The van der Waals surface area contributed by atoms with Crippen molar-refractivity contribution >= 4 is 0 Å². The fourth-order valence-corrected chi connectivity index (χ4v) is 0.973. The molecule has 1 fully saturated rings. The molecule has 0 bridgehead atoms. The molecule has 0 amide bonds. The summed E-state index contributed by atoms with van der Waals surface area (Å²) in [4.78, 5) is 0. The predicted molar refractivity (Wildman–Crippen MR) is 32.7 cm³/mol. The van der Waals surface area contributed by atoms with Crippen molar-refractivity contribution in [1.29, 1.82) is 0 Å². The number of nitrogens with one attached hydrogen (secondary N) is 1. The van der Waals surface area contributed by atoms with Gasteiger partial charge in [0.25, 0.3) is 0 Å². The van der Waals surface area contributed by atoms with E-state index in [1.54, 1.807) is 0 Å². The van der Waals surface area contributed by atoms with Crippen LogP contribution < -0.4 is 5.32 Å². The maximum Gasteiger partial charge on any atom is 0.0690 e. The van der Waals surface area contributed by atoms with Gasteiger partial charge in [-0.3, -0.25) is 0 Å². The third-order valence-electron chi connectivity index (χ3n) is 1.79. The Bertz CT molecular complexity index is 64.9. The third-order valence-corrected chi connectivity index (χ3v) is 1.79. The first-order valence-corrected chi connectivity index (χ1v) is 3.19. The largest absolute Gasteiger partial charge is 0.392 e. The molecular weight excluding hydrogens is 102 g/mol. The van der Waals surface area contributed by atoms with E-state index in [-0.39, 0.29) is 6.10 Å². The molecule has 0 aliphatic carbocycles. The molecule has 48 valence electrons. The average Bonchev–Trinajstić information content (AvgIpc) is 1.77. The minimum absolute atomic E-state index is 0.108. The van der Waals surface area contributed by atoms with Crippen molar-refractivity contribution in [1.82, 2.24) is 5.32 Å². The van der Waals surface area contributed by atoms with E-state index in [0.29, 0.717) is 5.92 Å². The van der Waals surface area contributed by atoms with Crippen LogP contribution in [0.4, 0.5) is 0 Å². The number of aliphatic hydroxyl groups is 1. The Morgan fingerprint density at radius 3 is 2.75 bits per heavy atom. The molecule has 1 rings (SSSR count). The molecule has 0 aromatic carbocycles. The maximum atomic E-state index is 9.12. The summed E-state index contributed by atoms with van der Waals surface area (Å²) in [5, 5.41) is 12.2. The molecule has 0 radical (unpaired) electrons. The van der Waals surface area contributed by atoms with Gasteiger partial charge in [-0.2, -0.15) is 0 Å². The second-order valence-corrected chi connectivity index (χ2v) is 2.54. The summed E-state index contributed by atoms with van der Waals surface area (Å²) in [6, 6.07) is 0. The lowest BCUT2D eigenvalue weighted by molar-refractivity contribution is 0.0915. The van der Waals surface area contributed by atoms with Crippen LogP contribution in [0, 0.1) is 5.92 Å². The first kappa shape index (κ1) is 6.05. The van der Waals surface area contributed by atoms with Gasteiger partial charge < -0.3 is 10.4 Å². The third kappa shape index (κ3) is 1.20. The predicted octanol–water partition coefficient (Wildman–Crippen LogP) is -0.0233. The Hall–Kier alpha value is -0.0800. The van der Waals surface area contributed by atoms with E-state index in [2.05, 4.69) is 12.2 Å². The highest BCUT2D eigenvalue weighted by molar-refractivity contribution is 4.72. The van der Waals surface area contributed by atoms with Gasteiger partial charge in [-0.25, -0.2) is 0 Å². The topological polar surface area (TPSA) is 32.3 Å². The van der Waals surface area contributed by atoms with Crippen molar-refractivity contribution in [3.8, 4) is 0 Å². The molecular formula is C6H13NO. The van der Waals surface area contributed by atoms with Gasteiger partial charge in [0.2, 0.25) is 0 Å². The molecule has 0 aromatic rings. The Balaban J connectivity index is 2.28. The van der Waals surface area contributed by atoms with Crippen molar-refractivity contribution in [2.75, 3.05) is 13.1 Å². The molecule has 8 heavy (non-hydrogen) atoms. The minimum Gasteiger partial charge on any atom is -0.392 e. The zero-order valence-corrected chi connectivity index (χ0v) is 5.22. The van der Waals surface area contributed by atoms with Gasteiger partial charge in [0.1, 0.15) is 0 Å². The smallest absolute Gasteiger partial charge is 0.0690 e. The van der Waals surface area contributed by atoms with Gasteiger partial charge in [0.05, 0.1) is 6.10 Å². The molecule has 1 heterocycles. The molecule has 1 aliphatic rings. The number of hydrogen-bond donors (Lipinski definition) is 2. The van der Waals surface area contributed by atoms with Gasteiger partial charge in [-0.1, -0.05) is 6.92 Å². The van der Waals surface area contributed by atoms with E-state index in [1.165, 1.54) is 0 Å². The van der Waals surface area contributed by atoms with E-state index in [9.17, 15) is 0 Å². The van der Waals surface area contributed by atoms with Crippen LogP contribution in [0.3, 0.4) is 0 Å². The number of β-amino-alcohol motifs (C(OH)–C–C–N with tert-alkyl or cyclic N) is 1. The average molecular weight is 115 g/mol. The zero-order valence-electron chi connectivity index (χ0n) is 5.22. The Labute approximate surface area is 49.9 Å². The van der Waals surface area contributed by atoms with Crippen molar-refractivity contribution in [2.24, 2.45) is 5.92 Å². The van der Waals surface area contributed by atoms with Crippen LogP contribution >= 0.6 is 0 Å². The van der Waals surface area contributed by atoms with Crippen LogP contribution in [0.2, 0.25) is 0 Å². The van der Waals surface area contributed by atoms with E-state index in [1.807, 2.05) is 0 Å². The first-order valence-electron chi connectivity index (χ1n) is 3.19. The highest BCUT2D eigenvalue weighted by atomic mass is 16.3. The molecule has 2 nitrogen and oxygen atoms in total. The Morgan fingerprint density at radius 2 is 2.38 bits per heavy atom. The fourth-order valence-electron chi connectivity index (χ4n) is 0.973. The maximum absolute atomic E-state index is 9.12. The quantitative estimate of drug-likeness (QED) is 0.465. The first-order chi connectivity index (χ1) is 3.80. The fraction of sp³-hybridized carbons (Fsp3) is 1.00. The number of rotatable bonds is 0. The van der Waals surface area contributed by atoms with Crippen LogP contribution in [0.25, 0.3) is 0 Å². The monoisotopic (exact) mass is 115 g/mol. The molecule has 0 unspecified atom stereocenters. The van der Waals surface area contributed by atoms with Crippen molar-refractivity contribution < 1.29 is 5.11 Å². The number of aliphatic hydroxyl groups excluding tert-OH is 1. The molecule has 2 atom stereocenters. The van der Waals surface area contributed by atoms with E-state index < -0.39 is 0 Å². The summed E-state index contributed by atoms with van der Waals surface area (Å²) in [6.45, 7) is 3.94. The highest BCUT2D eigenvalue weighted by Crippen LogP contribution is 2.09.